The highest BCUT2D eigenvalue weighted by Gasteiger charge is 2.23. The molecule has 0 radical (unpaired) electrons. The molecule has 0 bridgehead atoms. The van der Waals surface area contributed by atoms with E-state index in [1.807, 2.05) is 12.1 Å². The van der Waals surface area contributed by atoms with E-state index in [-0.39, 0.29) is 5.78 Å². The Bertz CT molecular complexity index is 1620. The second-order valence-corrected chi connectivity index (χ2v) is 12.1. The fourth-order valence-corrected chi connectivity index (χ4v) is 6.22. The summed E-state index contributed by atoms with van der Waals surface area (Å²) in [5, 5.41) is 0.727. The molecule has 2 atom stereocenters. The van der Waals surface area contributed by atoms with Gasteiger partial charge in [-0.05, 0) is 112 Å². The topological polar surface area (TPSA) is 134 Å². The molecule has 1 aromatic heterocycles. The number of hydrogen-bond acceptors (Lipinski definition) is 10. The molecule has 0 saturated carbocycles. The van der Waals surface area contributed by atoms with Crippen LogP contribution in [-0.4, -0.2) is 60.9 Å². The Labute approximate surface area is 260 Å². The third-order valence-electron chi connectivity index (χ3n) is 7.43. The summed E-state index contributed by atoms with van der Waals surface area (Å²) in [7, 11) is 0. The van der Waals surface area contributed by atoms with E-state index in [1.165, 1.54) is 30.6 Å². The fraction of sp³-hybridized carbons (Fsp3) is 0.324. The minimum atomic E-state index is -0.770. The summed E-state index contributed by atoms with van der Waals surface area (Å²) < 4.78 is 17.5. The number of ketones is 1. The molecule has 2 unspecified atom stereocenters. The third kappa shape index (κ3) is 7.51. The van der Waals surface area contributed by atoms with E-state index in [0.717, 1.165) is 40.2 Å². The van der Waals surface area contributed by atoms with Gasteiger partial charge in [0.15, 0.2) is 5.78 Å². The average molecular weight is 616 g/mol. The van der Waals surface area contributed by atoms with Crippen molar-refractivity contribution in [2.75, 3.05) is 26.2 Å². The van der Waals surface area contributed by atoms with Gasteiger partial charge < -0.3 is 25.7 Å². The van der Waals surface area contributed by atoms with Crippen LogP contribution in [0, 0.1) is 0 Å². The van der Waals surface area contributed by atoms with Crippen LogP contribution in [0.25, 0.3) is 20.5 Å². The maximum Gasteiger partial charge on any atom is 0.328 e. The van der Waals surface area contributed by atoms with Gasteiger partial charge in [0.05, 0.1) is 0 Å². The van der Waals surface area contributed by atoms with Gasteiger partial charge in [-0.1, -0.05) is 6.42 Å². The van der Waals surface area contributed by atoms with Crippen LogP contribution in [0.5, 0.6) is 17.2 Å². The van der Waals surface area contributed by atoms with E-state index >= 15 is 0 Å². The highest BCUT2D eigenvalue weighted by atomic mass is 32.1. The Balaban J connectivity index is 1.42. The number of rotatable bonds is 11. The lowest BCUT2D eigenvalue weighted by Crippen LogP contribution is -2.33. The van der Waals surface area contributed by atoms with Crippen LogP contribution in [0.3, 0.4) is 0 Å². The Morgan fingerprint density at radius 1 is 0.795 bits per heavy atom. The Morgan fingerprint density at radius 2 is 1.39 bits per heavy atom. The summed E-state index contributed by atoms with van der Waals surface area (Å²) in [6.45, 7) is 6.82. The standard InChI is InChI=1S/C34H37N3O6S/c1-21(35)33(39)42-26-12-8-24(9-13-26)32-30(28-15-14-27(20-29(28)44-32)43-34(40)22(2)36)31(38)23-6-10-25(11-7-23)41-19-18-37-16-4-3-5-17-37/h6-15,20-22H,3-5,16-19,35-36H2,1-2H3. The summed E-state index contributed by atoms with van der Waals surface area (Å²) in [6.07, 6.45) is 3.77. The van der Waals surface area contributed by atoms with Crippen molar-refractivity contribution in [2.45, 2.75) is 45.2 Å². The van der Waals surface area contributed by atoms with Crippen LogP contribution < -0.4 is 25.7 Å². The molecule has 1 saturated heterocycles. The van der Waals surface area contributed by atoms with Crippen LogP contribution in [-0.2, 0) is 9.59 Å². The number of carbonyl (C=O) groups is 3. The van der Waals surface area contributed by atoms with Gasteiger partial charge in [-0.15, -0.1) is 11.3 Å². The number of nitrogens with two attached hydrogens (primary N) is 2. The Hall–Kier alpha value is -4.09. The summed E-state index contributed by atoms with van der Waals surface area (Å²) >= 11 is 1.40. The van der Waals surface area contributed by atoms with E-state index in [1.54, 1.807) is 68.4 Å². The molecule has 5 rings (SSSR count). The molecule has 0 spiro atoms. The van der Waals surface area contributed by atoms with Gasteiger partial charge in [0.25, 0.3) is 0 Å². The maximum atomic E-state index is 14.1. The molecule has 4 N–H and O–H groups in total. The lowest BCUT2D eigenvalue weighted by molar-refractivity contribution is -0.136. The summed E-state index contributed by atoms with van der Waals surface area (Å²) in [6, 6.07) is 17.8. The van der Waals surface area contributed by atoms with E-state index in [0.29, 0.717) is 35.0 Å². The number of benzene rings is 3. The van der Waals surface area contributed by atoms with Gasteiger partial charge >= 0.3 is 11.9 Å². The molecule has 44 heavy (non-hydrogen) atoms. The van der Waals surface area contributed by atoms with Crippen LogP contribution in [0.2, 0.25) is 0 Å². The molecule has 9 nitrogen and oxygen atoms in total. The number of esters is 2. The number of ether oxygens (including phenoxy) is 3. The Morgan fingerprint density at radius 3 is 2.02 bits per heavy atom. The summed E-state index contributed by atoms with van der Waals surface area (Å²) in [5.41, 5.74) is 13.1. The van der Waals surface area contributed by atoms with Gasteiger partial charge in [0.2, 0.25) is 0 Å². The minimum Gasteiger partial charge on any atom is -0.492 e. The van der Waals surface area contributed by atoms with Crippen molar-refractivity contribution in [2.24, 2.45) is 11.5 Å². The molecule has 230 valence electrons. The van der Waals surface area contributed by atoms with Gasteiger partial charge in [-0.25, -0.2) is 9.59 Å². The van der Waals surface area contributed by atoms with Crippen LogP contribution in [0.4, 0.5) is 0 Å². The first-order valence-electron chi connectivity index (χ1n) is 14.8. The number of hydrogen-bond donors (Lipinski definition) is 2. The first kappa shape index (κ1) is 31.3. The second-order valence-electron chi connectivity index (χ2n) is 11.0. The highest BCUT2D eigenvalue weighted by Crippen LogP contribution is 2.42. The zero-order chi connectivity index (χ0) is 31.2. The average Bonchev–Trinajstić information content (AvgIpc) is 3.40. The third-order valence-corrected chi connectivity index (χ3v) is 8.63. The smallest absolute Gasteiger partial charge is 0.328 e. The molecule has 1 fully saturated rings. The van der Waals surface area contributed by atoms with E-state index in [4.69, 9.17) is 25.7 Å². The predicted octanol–water partition coefficient (Wildman–Crippen LogP) is 5.17. The number of piperidine rings is 1. The Kier molecular flexibility index (Phi) is 10.1. The van der Waals surface area contributed by atoms with Gasteiger partial charge in [-0.2, -0.15) is 0 Å². The van der Waals surface area contributed by atoms with Crippen molar-refractivity contribution in [3.05, 3.63) is 77.9 Å². The van der Waals surface area contributed by atoms with Crippen molar-refractivity contribution in [3.8, 4) is 27.7 Å². The molecule has 0 amide bonds. The van der Waals surface area contributed by atoms with Crippen molar-refractivity contribution >= 4 is 39.1 Å². The van der Waals surface area contributed by atoms with E-state index in [2.05, 4.69) is 4.90 Å². The number of thiophene rings is 1. The van der Waals surface area contributed by atoms with Crippen molar-refractivity contribution < 1.29 is 28.6 Å². The lowest BCUT2D eigenvalue weighted by atomic mass is 9.97. The number of fused-ring (bicyclic) bond motifs is 1. The molecule has 3 aromatic carbocycles. The number of likely N-dealkylation sites (tertiary alicyclic amines) is 1. The molecule has 2 heterocycles. The molecular formula is C34H37N3O6S. The fourth-order valence-electron chi connectivity index (χ4n) is 4.98. The molecule has 10 heteroatoms. The number of carbonyl (C=O) groups excluding carboxylic acids is 3. The molecular weight excluding hydrogens is 578 g/mol. The highest BCUT2D eigenvalue weighted by molar-refractivity contribution is 7.22. The molecule has 1 aliphatic heterocycles. The summed E-state index contributed by atoms with van der Waals surface area (Å²) in [5.74, 6) is 0.170. The van der Waals surface area contributed by atoms with Crippen LogP contribution in [0.15, 0.2) is 66.7 Å². The van der Waals surface area contributed by atoms with Crippen molar-refractivity contribution in [1.82, 2.24) is 4.90 Å². The van der Waals surface area contributed by atoms with Crippen molar-refractivity contribution in [1.29, 1.82) is 0 Å². The van der Waals surface area contributed by atoms with Gasteiger partial charge in [0.1, 0.15) is 35.9 Å². The molecule has 4 aromatic rings. The monoisotopic (exact) mass is 615 g/mol. The normalized spacial score (nSPS) is 15.0. The quantitative estimate of drug-likeness (QED) is 0.133. The minimum absolute atomic E-state index is 0.154. The summed E-state index contributed by atoms with van der Waals surface area (Å²) in [4.78, 5) is 41.3. The van der Waals surface area contributed by atoms with E-state index in [9.17, 15) is 14.4 Å². The second kappa shape index (κ2) is 14.1. The largest absolute Gasteiger partial charge is 0.492 e. The SMILES string of the molecule is CC(N)C(=O)Oc1ccc(-c2sc3cc(OC(=O)C(C)N)ccc3c2C(=O)c2ccc(OCCN3CCCCC3)cc2)cc1. The molecule has 0 aliphatic carbocycles. The van der Waals surface area contributed by atoms with Crippen LogP contribution in [0.1, 0.15) is 49.0 Å². The zero-order valence-corrected chi connectivity index (χ0v) is 25.7. The lowest BCUT2D eigenvalue weighted by Gasteiger charge is -2.26. The van der Waals surface area contributed by atoms with Crippen LogP contribution >= 0.6 is 11.3 Å². The molecule has 1 aliphatic rings. The predicted molar refractivity (Wildman–Crippen MR) is 171 cm³/mol. The maximum absolute atomic E-state index is 14.1. The first-order chi connectivity index (χ1) is 21.2. The van der Waals surface area contributed by atoms with E-state index < -0.39 is 24.0 Å². The number of nitrogens with zero attached hydrogens (tertiary/aromatic N) is 1. The van der Waals surface area contributed by atoms with Crippen molar-refractivity contribution in [3.63, 3.8) is 0 Å². The van der Waals surface area contributed by atoms with Gasteiger partial charge in [-0.3, -0.25) is 9.69 Å². The van der Waals surface area contributed by atoms with Gasteiger partial charge in [0, 0.05) is 32.6 Å². The first-order valence-corrected chi connectivity index (χ1v) is 15.6. The zero-order valence-electron chi connectivity index (χ0n) is 24.9.